The van der Waals surface area contributed by atoms with Crippen molar-refractivity contribution in [2.24, 2.45) is 16.6 Å². The van der Waals surface area contributed by atoms with E-state index in [2.05, 4.69) is 0 Å². The predicted molar refractivity (Wildman–Crippen MR) is 67.3 cm³/mol. The van der Waals surface area contributed by atoms with E-state index in [1.54, 1.807) is 0 Å². The molecule has 0 aromatic heterocycles. The van der Waals surface area contributed by atoms with E-state index >= 15 is 0 Å². The van der Waals surface area contributed by atoms with Gasteiger partial charge in [-0.1, -0.05) is 6.42 Å². The first-order valence-corrected chi connectivity index (χ1v) is 6.94. The third-order valence-corrected chi connectivity index (χ3v) is 4.95. The van der Waals surface area contributed by atoms with E-state index in [4.69, 9.17) is 10.8 Å². The lowest BCUT2D eigenvalue weighted by atomic mass is 9.66. The second kappa shape index (κ2) is 5.15. The molecule has 2 aliphatic rings. The molecule has 2 rings (SSSR count). The van der Waals surface area contributed by atoms with Crippen molar-refractivity contribution in [3.63, 3.8) is 0 Å². The van der Waals surface area contributed by atoms with Crippen molar-refractivity contribution in [3.05, 3.63) is 0 Å². The van der Waals surface area contributed by atoms with E-state index < -0.39 is 36.4 Å². The Morgan fingerprint density at radius 2 is 1.86 bits per heavy atom. The van der Waals surface area contributed by atoms with Crippen LogP contribution in [0.5, 0.6) is 0 Å². The van der Waals surface area contributed by atoms with Crippen LogP contribution < -0.4 is 5.73 Å². The molecule has 1 aliphatic carbocycles. The smallest absolute Gasteiger partial charge is 0.406 e. The van der Waals surface area contributed by atoms with Gasteiger partial charge in [0.1, 0.15) is 0 Å². The van der Waals surface area contributed by atoms with Crippen LogP contribution in [0, 0.1) is 10.8 Å². The van der Waals surface area contributed by atoms with Crippen molar-refractivity contribution in [2.75, 3.05) is 19.6 Å². The summed E-state index contributed by atoms with van der Waals surface area (Å²) in [6.45, 7) is -0.646. The van der Waals surface area contributed by atoms with Crippen molar-refractivity contribution >= 4 is 11.9 Å². The fourth-order valence-electron chi connectivity index (χ4n) is 3.11. The fraction of sp³-hybridized carbons (Fsp3) is 0.846. The maximum atomic E-state index is 13.0. The third kappa shape index (κ3) is 2.61. The van der Waals surface area contributed by atoms with Gasteiger partial charge in [-0.3, -0.25) is 9.59 Å². The number of carbonyl (C=O) groups excluding carboxylic acids is 1. The largest absolute Gasteiger partial charge is 0.481 e. The van der Waals surface area contributed by atoms with Gasteiger partial charge >= 0.3 is 12.1 Å². The van der Waals surface area contributed by atoms with Crippen molar-refractivity contribution < 1.29 is 27.9 Å². The molecule has 120 valence electrons. The molecule has 8 heteroatoms. The Morgan fingerprint density at radius 3 is 2.19 bits per heavy atom. The first-order valence-electron chi connectivity index (χ1n) is 6.94. The molecule has 21 heavy (non-hydrogen) atoms. The van der Waals surface area contributed by atoms with Crippen LogP contribution in [-0.4, -0.2) is 47.7 Å². The van der Waals surface area contributed by atoms with Crippen LogP contribution in [0.1, 0.15) is 32.1 Å². The first-order chi connectivity index (χ1) is 9.66. The average molecular weight is 308 g/mol. The Morgan fingerprint density at radius 1 is 1.24 bits per heavy atom. The minimum atomic E-state index is -4.87. The van der Waals surface area contributed by atoms with Crippen molar-refractivity contribution in [3.8, 4) is 0 Å². The Labute approximate surface area is 120 Å². The van der Waals surface area contributed by atoms with Gasteiger partial charge in [0.05, 0.1) is 0 Å². The standard InChI is InChI=1S/C13H19F3N2O3/c14-13(15,16)12(10(20)21)4-5-18(8-12)9(19)6-11(7-17)2-1-3-11/h1-8,17H2,(H,20,21). The topological polar surface area (TPSA) is 83.6 Å². The second-order valence-corrected chi connectivity index (χ2v) is 6.18. The molecule has 1 unspecified atom stereocenters. The molecule has 5 nitrogen and oxygen atoms in total. The Bertz CT molecular complexity index is 443. The number of carboxylic acids is 1. The highest BCUT2D eigenvalue weighted by atomic mass is 19.4. The number of alkyl halides is 3. The highest BCUT2D eigenvalue weighted by Crippen LogP contribution is 2.47. The van der Waals surface area contributed by atoms with Crippen LogP contribution in [0.3, 0.4) is 0 Å². The molecule has 1 heterocycles. The number of aliphatic carboxylic acids is 1. The number of hydrogen-bond acceptors (Lipinski definition) is 3. The summed E-state index contributed by atoms with van der Waals surface area (Å²) in [6.07, 6.45) is -2.79. The summed E-state index contributed by atoms with van der Waals surface area (Å²) in [5.74, 6) is -2.34. The number of rotatable bonds is 4. The zero-order chi connectivity index (χ0) is 15.9. The molecular weight excluding hydrogens is 289 g/mol. The van der Waals surface area contributed by atoms with Gasteiger partial charge < -0.3 is 15.7 Å². The molecule has 1 amide bonds. The van der Waals surface area contributed by atoms with E-state index in [0.29, 0.717) is 6.54 Å². The first kappa shape index (κ1) is 16.1. The number of amides is 1. The summed E-state index contributed by atoms with van der Waals surface area (Å²) in [6, 6.07) is 0. The number of likely N-dealkylation sites (tertiary alicyclic amines) is 1. The molecule has 1 aliphatic heterocycles. The lowest BCUT2D eigenvalue weighted by Gasteiger charge is -2.41. The molecule has 0 aromatic rings. The molecule has 0 spiro atoms. The maximum Gasteiger partial charge on any atom is 0.406 e. The van der Waals surface area contributed by atoms with Crippen LogP contribution >= 0.6 is 0 Å². The summed E-state index contributed by atoms with van der Waals surface area (Å²) < 4.78 is 39.1. The summed E-state index contributed by atoms with van der Waals surface area (Å²) in [7, 11) is 0. The summed E-state index contributed by atoms with van der Waals surface area (Å²) >= 11 is 0. The van der Waals surface area contributed by atoms with Crippen molar-refractivity contribution in [1.82, 2.24) is 4.90 Å². The molecular formula is C13H19F3N2O3. The Hall–Kier alpha value is -1.31. The molecule has 1 saturated heterocycles. The normalized spacial score (nSPS) is 28.3. The lowest BCUT2D eigenvalue weighted by molar-refractivity contribution is -0.227. The number of hydrogen-bond donors (Lipinski definition) is 2. The van der Waals surface area contributed by atoms with Crippen LogP contribution in [0.25, 0.3) is 0 Å². The van der Waals surface area contributed by atoms with Gasteiger partial charge in [0, 0.05) is 19.5 Å². The number of carbonyl (C=O) groups is 2. The number of nitrogens with two attached hydrogens (primary N) is 1. The molecule has 1 saturated carbocycles. The number of carboxylic acid groups (broad SMARTS) is 1. The molecule has 0 aromatic carbocycles. The summed E-state index contributed by atoms with van der Waals surface area (Å²) in [5.41, 5.74) is 2.50. The highest BCUT2D eigenvalue weighted by molar-refractivity contribution is 5.81. The van der Waals surface area contributed by atoms with Gasteiger partial charge in [0.25, 0.3) is 0 Å². The summed E-state index contributed by atoms with van der Waals surface area (Å²) in [4.78, 5) is 24.3. The molecule has 3 N–H and O–H groups in total. The average Bonchev–Trinajstić information content (AvgIpc) is 2.79. The van der Waals surface area contributed by atoms with Crippen LogP contribution in [0.15, 0.2) is 0 Å². The zero-order valence-corrected chi connectivity index (χ0v) is 11.6. The van der Waals surface area contributed by atoms with E-state index in [0.717, 1.165) is 24.2 Å². The maximum absolute atomic E-state index is 13.0. The monoisotopic (exact) mass is 308 g/mol. The quantitative estimate of drug-likeness (QED) is 0.821. The van der Waals surface area contributed by atoms with E-state index in [1.165, 1.54) is 0 Å². The van der Waals surface area contributed by atoms with Crippen LogP contribution in [0.4, 0.5) is 13.2 Å². The third-order valence-electron chi connectivity index (χ3n) is 4.95. The van der Waals surface area contributed by atoms with Gasteiger partial charge in [-0.25, -0.2) is 0 Å². The SMILES string of the molecule is NCC1(CC(=O)N2CCC(C(=O)O)(C(F)(F)F)C2)CCC1. The predicted octanol–water partition coefficient (Wildman–Crippen LogP) is 1.37. The zero-order valence-electron chi connectivity index (χ0n) is 11.6. The highest BCUT2D eigenvalue weighted by Gasteiger charge is 2.64. The minimum Gasteiger partial charge on any atom is -0.481 e. The molecule has 2 fully saturated rings. The fourth-order valence-corrected chi connectivity index (χ4v) is 3.11. The Kier molecular flexibility index (Phi) is 3.94. The second-order valence-electron chi connectivity index (χ2n) is 6.18. The lowest BCUT2D eigenvalue weighted by Crippen LogP contribution is -2.48. The summed E-state index contributed by atoms with van der Waals surface area (Å²) in [5, 5.41) is 8.96. The Balaban J connectivity index is 2.07. The molecule has 0 bridgehead atoms. The van der Waals surface area contributed by atoms with Gasteiger partial charge in [0.15, 0.2) is 5.41 Å². The van der Waals surface area contributed by atoms with Crippen molar-refractivity contribution in [2.45, 2.75) is 38.3 Å². The van der Waals surface area contributed by atoms with E-state index in [1.807, 2.05) is 0 Å². The van der Waals surface area contributed by atoms with E-state index in [9.17, 15) is 22.8 Å². The van der Waals surface area contributed by atoms with Crippen LogP contribution in [-0.2, 0) is 9.59 Å². The molecule has 1 atom stereocenters. The van der Waals surface area contributed by atoms with E-state index in [-0.39, 0.29) is 18.4 Å². The number of nitrogens with zero attached hydrogens (tertiary/aromatic N) is 1. The number of halogens is 3. The molecule has 0 radical (unpaired) electrons. The van der Waals surface area contributed by atoms with Gasteiger partial charge in [-0.2, -0.15) is 13.2 Å². The van der Waals surface area contributed by atoms with Gasteiger partial charge in [-0.15, -0.1) is 0 Å². The van der Waals surface area contributed by atoms with Crippen LogP contribution in [0.2, 0.25) is 0 Å². The van der Waals surface area contributed by atoms with Gasteiger partial charge in [0.2, 0.25) is 5.91 Å². The van der Waals surface area contributed by atoms with Gasteiger partial charge in [-0.05, 0) is 31.2 Å². The minimum absolute atomic E-state index is 0.108. The van der Waals surface area contributed by atoms with Crippen molar-refractivity contribution in [1.29, 1.82) is 0 Å².